The summed E-state index contributed by atoms with van der Waals surface area (Å²) in [6.45, 7) is 9.65. The van der Waals surface area contributed by atoms with E-state index in [0.717, 1.165) is 5.56 Å². The van der Waals surface area contributed by atoms with Crippen LogP contribution in [-0.4, -0.2) is 61.9 Å². The first kappa shape index (κ1) is 28.2. The summed E-state index contributed by atoms with van der Waals surface area (Å²) in [7, 11) is 3.06. The van der Waals surface area contributed by atoms with Crippen molar-refractivity contribution in [2.24, 2.45) is 5.41 Å². The minimum absolute atomic E-state index is 0.271. The van der Waals surface area contributed by atoms with E-state index in [9.17, 15) is 19.5 Å². The van der Waals surface area contributed by atoms with E-state index in [1.807, 2.05) is 45.9 Å². The highest BCUT2D eigenvalue weighted by atomic mass is 16.5. The number of nitrogens with one attached hydrogen (secondary N) is 1. The number of carboxylic acid groups (broad SMARTS) is 1. The smallest absolute Gasteiger partial charge is 0.325 e. The lowest BCUT2D eigenvalue weighted by Crippen LogP contribution is -2.56. The summed E-state index contributed by atoms with van der Waals surface area (Å²) >= 11 is 0. The lowest BCUT2D eigenvalue weighted by Gasteiger charge is -2.44. The molecule has 10 nitrogen and oxygen atoms in total. The van der Waals surface area contributed by atoms with E-state index in [4.69, 9.17) is 18.9 Å². The van der Waals surface area contributed by atoms with Crippen LogP contribution >= 0.6 is 0 Å². The molecule has 0 fully saturated rings. The predicted octanol–water partition coefficient (Wildman–Crippen LogP) is 3.62. The highest BCUT2D eigenvalue weighted by molar-refractivity contribution is 6.03. The van der Waals surface area contributed by atoms with Gasteiger partial charge in [0.1, 0.15) is 30.6 Å². The number of anilines is 1. The topological polar surface area (TPSA) is 124 Å². The van der Waals surface area contributed by atoms with Crippen LogP contribution in [0.5, 0.6) is 17.2 Å². The summed E-state index contributed by atoms with van der Waals surface area (Å²) in [5.41, 5.74) is 2.44. The molecular formula is C29H36N2O8. The van der Waals surface area contributed by atoms with Crippen molar-refractivity contribution in [2.75, 3.05) is 25.7 Å². The van der Waals surface area contributed by atoms with Crippen LogP contribution in [-0.2, 0) is 19.1 Å². The second kappa shape index (κ2) is 10.8. The molecule has 2 N–H and O–H groups in total. The second-order valence-corrected chi connectivity index (χ2v) is 11.0. The van der Waals surface area contributed by atoms with Gasteiger partial charge in [-0.1, -0.05) is 39.0 Å². The predicted molar refractivity (Wildman–Crippen MR) is 144 cm³/mol. The van der Waals surface area contributed by atoms with Crippen LogP contribution in [0.4, 0.5) is 5.69 Å². The largest absolute Gasteiger partial charge is 0.493 e. The van der Waals surface area contributed by atoms with E-state index in [2.05, 4.69) is 5.32 Å². The molecule has 0 bridgehead atoms. The number of carbonyl (C=O) groups is 3. The summed E-state index contributed by atoms with van der Waals surface area (Å²) in [6.07, 6.45) is -2.40. The van der Waals surface area contributed by atoms with Crippen molar-refractivity contribution in [3.8, 4) is 17.2 Å². The van der Waals surface area contributed by atoms with E-state index in [1.54, 1.807) is 17.0 Å². The SMILES string of the molecule is COc1cccc([C@H]2O[C@H](CC(=O)N[C@H](C)C(=O)O)C(=O)N3c4c(cc(C)cc42)OC[C@H]3C(C)(C)C)c1OC. The third-order valence-electron chi connectivity index (χ3n) is 7.13. The number of hydrogen-bond donors (Lipinski definition) is 2. The molecule has 0 unspecified atom stereocenters. The summed E-state index contributed by atoms with van der Waals surface area (Å²) in [6, 6.07) is 7.76. The molecule has 0 saturated heterocycles. The molecule has 2 aromatic carbocycles. The van der Waals surface area contributed by atoms with Gasteiger partial charge in [-0.25, -0.2) is 0 Å². The normalized spacial score (nSPS) is 21.3. The lowest BCUT2D eigenvalue weighted by molar-refractivity contribution is -0.143. The third kappa shape index (κ3) is 5.38. The Labute approximate surface area is 228 Å². The zero-order valence-electron chi connectivity index (χ0n) is 23.4. The molecule has 2 heterocycles. The highest BCUT2D eigenvalue weighted by Gasteiger charge is 2.47. The van der Waals surface area contributed by atoms with Gasteiger partial charge in [-0.05, 0) is 37.0 Å². The van der Waals surface area contributed by atoms with Crippen molar-refractivity contribution in [3.63, 3.8) is 0 Å². The Hall–Kier alpha value is -3.79. The number of carboxylic acids is 1. The molecule has 2 aliphatic heterocycles. The Kier molecular flexibility index (Phi) is 7.79. The molecule has 0 radical (unpaired) electrons. The Morgan fingerprint density at radius 2 is 1.90 bits per heavy atom. The molecule has 210 valence electrons. The number of para-hydroxylation sites is 1. The molecule has 4 atom stereocenters. The first-order valence-electron chi connectivity index (χ1n) is 12.9. The van der Waals surface area contributed by atoms with Crippen molar-refractivity contribution in [1.82, 2.24) is 5.32 Å². The van der Waals surface area contributed by atoms with Gasteiger partial charge >= 0.3 is 5.97 Å². The monoisotopic (exact) mass is 540 g/mol. The number of hydrogen-bond acceptors (Lipinski definition) is 7. The zero-order valence-corrected chi connectivity index (χ0v) is 23.4. The van der Waals surface area contributed by atoms with Crippen molar-refractivity contribution >= 4 is 23.5 Å². The van der Waals surface area contributed by atoms with Crippen LogP contribution in [0.3, 0.4) is 0 Å². The molecule has 0 saturated carbocycles. The number of carbonyl (C=O) groups excluding carboxylic acids is 2. The third-order valence-corrected chi connectivity index (χ3v) is 7.13. The van der Waals surface area contributed by atoms with E-state index in [1.165, 1.54) is 21.1 Å². The highest BCUT2D eigenvalue weighted by Crippen LogP contribution is 2.51. The lowest BCUT2D eigenvalue weighted by atomic mass is 9.84. The van der Waals surface area contributed by atoms with Gasteiger partial charge in [0.15, 0.2) is 11.5 Å². The van der Waals surface area contributed by atoms with Gasteiger partial charge in [0.05, 0.1) is 32.4 Å². The number of aliphatic carboxylic acids is 1. The van der Waals surface area contributed by atoms with Gasteiger partial charge in [-0.15, -0.1) is 0 Å². The summed E-state index contributed by atoms with van der Waals surface area (Å²) < 4.78 is 24.0. The van der Waals surface area contributed by atoms with Crippen molar-refractivity contribution < 1.29 is 38.4 Å². The van der Waals surface area contributed by atoms with Crippen LogP contribution in [0.15, 0.2) is 30.3 Å². The van der Waals surface area contributed by atoms with Gasteiger partial charge in [0.2, 0.25) is 5.91 Å². The standard InChI is InChI=1S/C29H36N2O8/c1-15-11-18-24-20(12-15)38-14-22(29(3,4)5)31(24)27(33)21(13-23(32)30-16(2)28(34)35)39-25(18)17-9-8-10-19(36-6)26(17)37-7/h8-12,16,21-22,25H,13-14H2,1-7H3,(H,30,32)(H,34,35)/t16-,21-,22+,25-/m1/s1. The average molecular weight is 541 g/mol. The quantitative estimate of drug-likeness (QED) is 0.546. The van der Waals surface area contributed by atoms with Gasteiger partial charge in [-0.3, -0.25) is 19.3 Å². The Balaban J connectivity index is 1.92. The van der Waals surface area contributed by atoms with Crippen LogP contribution in [0, 0.1) is 12.3 Å². The first-order valence-corrected chi connectivity index (χ1v) is 12.9. The first-order chi connectivity index (χ1) is 18.4. The summed E-state index contributed by atoms with van der Waals surface area (Å²) in [4.78, 5) is 40.2. The molecule has 39 heavy (non-hydrogen) atoms. The maximum absolute atomic E-state index is 14.3. The molecule has 4 rings (SSSR count). The van der Waals surface area contributed by atoms with Crippen LogP contribution in [0.1, 0.15) is 56.9 Å². The maximum atomic E-state index is 14.3. The average Bonchev–Trinajstić information content (AvgIpc) is 2.98. The fourth-order valence-corrected chi connectivity index (χ4v) is 5.12. The van der Waals surface area contributed by atoms with Gasteiger partial charge < -0.3 is 29.4 Å². The van der Waals surface area contributed by atoms with Crippen LogP contribution < -0.4 is 24.4 Å². The van der Waals surface area contributed by atoms with Crippen molar-refractivity contribution in [1.29, 1.82) is 0 Å². The van der Waals surface area contributed by atoms with E-state index >= 15 is 0 Å². The van der Waals surface area contributed by atoms with Crippen molar-refractivity contribution in [2.45, 2.75) is 65.3 Å². The molecule has 10 heteroatoms. The second-order valence-electron chi connectivity index (χ2n) is 11.0. The number of methoxy groups -OCH3 is 2. The van der Waals surface area contributed by atoms with E-state index < -0.39 is 36.0 Å². The Morgan fingerprint density at radius 1 is 1.18 bits per heavy atom. The molecule has 2 amide bonds. The molecule has 0 spiro atoms. The zero-order chi connectivity index (χ0) is 28.6. The van der Waals surface area contributed by atoms with Crippen LogP contribution in [0.25, 0.3) is 0 Å². The summed E-state index contributed by atoms with van der Waals surface area (Å²) in [5.74, 6) is -0.702. The van der Waals surface area contributed by atoms with Gasteiger partial charge in [0, 0.05) is 11.1 Å². The van der Waals surface area contributed by atoms with Gasteiger partial charge in [0.25, 0.3) is 5.91 Å². The number of nitrogens with zero attached hydrogens (tertiary/aromatic N) is 1. The molecule has 2 aromatic rings. The summed E-state index contributed by atoms with van der Waals surface area (Å²) in [5, 5.41) is 11.7. The van der Waals surface area contributed by atoms with Crippen LogP contribution in [0.2, 0.25) is 0 Å². The number of amides is 2. The fourth-order valence-electron chi connectivity index (χ4n) is 5.12. The molecule has 2 aliphatic rings. The number of ether oxygens (including phenoxy) is 4. The fraction of sp³-hybridized carbons (Fsp3) is 0.483. The molecule has 0 aromatic heterocycles. The molecule has 0 aliphatic carbocycles. The van der Waals surface area contributed by atoms with E-state index in [0.29, 0.717) is 34.1 Å². The van der Waals surface area contributed by atoms with E-state index in [-0.39, 0.29) is 24.5 Å². The minimum Gasteiger partial charge on any atom is -0.493 e. The number of rotatable bonds is 7. The number of benzene rings is 2. The Morgan fingerprint density at radius 3 is 2.51 bits per heavy atom. The molecular weight excluding hydrogens is 504 g/mol. The van der Waals surface area contributed by atoms with Gasteiger partial charge in [-0.2, -0.15) is 0 Å². The minimum atomic E-state index is -1.21. The maximum Gasteiger partial charge on any atom is 0.325 e. The Bertz CT molecular complexity index is 1280. The number of aryl methyl sites for hydroxylation is 1. The van der Waals surface area contributed by atoms with Crippen molar-refractivity contribution in [3.05, 3.63) is 47.0 Å².